The number of fused-ring (bicyclic) bond motifs is 1. The Labute approximate surface area is 146 Å². The van der Waals surface area contributed by atoms with Gasteiger partial charge in [0.2, 0.25) is 0 Å². The fourth-order valence-electron chi connectivity index (χ4n) is 3.52. The molecular weight excluding hydrogens is 314 g/mol. The van der Waals surface area contributed by atoms with Crippen LogP contribution in [0.2, 0.25) is 0 Å². The predicted molar refractivity (Wildman–Crippen MR) is 95.4 cm³/mol. The number of aromatic nitrogens is 4. The highest BCUT2D eigenvalue weighted by molar-refractivity contribution is 5.98. The predicted octanol–water partition coefficient (Wildman–Crippen LogP) is 2.92. The van der Waals surface area contributed by atoms with Crippen LogP contribution in [0.1, 0.15) is 40.5 Å². The molecule has 128 valence electrons. The lowest BCUT2D eigenvalue weighted by atomic mass is 10.0. The summed E-state index contributed by atoms with van der Waals surface area (Å²) in [4.78, 5) is 23.6. The van der Waals surface area contributed by atoms with Gasteiger partial charge in [0.15, 0.2) is 0 Å². The molecule has 1 fully saturated rings. The molecular formula is C19H21N5O. The molecule has 0 saturated carbocycles. The van der Waals surface area contributed by atoms with Crippen LogP contribution in [0.15, 0.2) is 36.9 Å². The number of benzene rings is 1. The van der Waals surface area contributed by atoms with E-state index < -0.39 is 0 Å². The van der Waals surface area contributed by atoms with Gasteiger partial charge in [-0.2, -0.15) is 5.10 Å². The number of amides is 1. The minimum absolute atomic E-state index is 0.0745. The zero-order chi connectivity index (χ0) is 17.4. The third-order valence-electron chi connectivity index (χ3n) is 4.95. The largest absolute Gasteiger partial charge is 0.338 e. The molecule has 3 heterocycles. The first kappa shape index (κ1) is 15.7. The van der Waals surface area contributed by atoms with E-state index in [0.29, 0.717) is 11.6 Å². The maximum absolute atomic E-state index is 13.0. The Hall–Kier alpha value is -2.76. The Morgan fingerprint density at radius 1 is 1.16 bits per heavy atom. The summed E-state index contributed by atoms with van der Waals surface area (Å²) >= 11 is 0. The third-order valence-corrected chi connectivity index (χ3v) is 4.95. The van der Waals surface area contributed by atoms with Gasteiger partial charge in [0.05, 0.1) is 22.8 Å². The summed E-state index contributed by atoms with van der Waals surface area (Å²) in [5, 5.41) is 5.24. The Balaban J connectivity index is 1.55. The quantitative estimate of drug-likeness (QED) is 0.722. The minimum Gasteiger partial charge on any atom is -0.338 e. The Morgan fingerprint density at radius 3 is 2.68 bits per heavy atom. The van der Waals surface area contributed by atoms with Gasteiger partial charge < -0.3 is 4.90 Å². The number of likely N-dealkylation sites (tertiary alicyclic amines) is 1. The molecule has 0 radical (unpaired) electrons. The Bertz CT molecular complexity index is 911. The van der Waals surface area contributed by atoms with Gasteiger partial charge in [-0.05, 0) is 44.9 Å². The van der Waals surface area contributed by atoms with Crippen LogP contribution in [0.4, 0.5) is 0 Å². The molecule has 4 rings (SSSR count). The molecule has 25 heavy (non-hydrogen) atoms. The molecule has 1 aliphatic heterocycles. The van der Waals surface area contributed by atoms with Crippen molar-refractivity contribution in [1.82, 2.24) is 24.6 Å². The smallest absolute Gasteiger partial charge is 0.255 e. The topological polar surface area (TPSA) is 63.9 Å². The molecule has 6 heteroatoms. The van der Waals surface area contributed by atoms with Crippen LogP contribution >= 0.6 is 0 Å². The minimum atomic E-state index is 0.0745. The summed E-state index contributed by atoms with van der Waals surface area (Å²) < 4.78 is 1.90. The van der Waals surface area contributed by atoms with Gasteiger partial charge in [-0.1, -0.05) is 11.6 Å². The number of nitrogens with zero attached hydrogens (tertiary/aromatic N) is 5. The van der Waals surface area contributed by atoms with E-state index in [9.17, 15) is 4.79 Å². The van der Waals surface area contributed by atoms with E-state index in [2.05, 4.69) is 28.1 Å². The standard InChI is InChI=1S/C19H21N5O/c1-13-3-4-18-15(9-13)10-17(14(2)22-18)19(25)23-7-5-16(6-8-23)24-12-20-11-21-24/h3-4,9-12,16H,5-8H2,1-2H3. The van der Waals surface area contributed by atoms with Crippen molar-refractivity contribution < 1.29 is 4.79 Å². The first-order valence-electron chi connectivity index (χ1n) is 8.63. The SMILES string of the molecule is Cc1ccc2nc(C)c(C(=O)N3CCC(n4cncn4)CC3)cc2c1. The van der Waals surface area contributed by atoms with Gasteiger partial charge in [-0.25, -0.2) is 9.67 Å². The van der Waals surface area contributed by atoms with E-state index in [1.807, 2.05) is 34.7 Å². The highest BCUT2D eigenvalue weighted by Gasteiger charge is 2.26. The maximum atomic E-state index is 13.0. The number of piperidine rings is 1. The molecule has 1 aliphatic rings. The highest BCUT2D eigenvalue weighted by atomic mass is 16.2. The summed E-state index contributed by atoms with van der Waals surface area (Å²) in [5.41, 5.74) is 3.60. The average Bonchev–Trinajstić information content (AvgIpc) is 3.16. The van der Waals surface area contributed by atoms with E-state index in [1.165, 1.54) is 5.56 Å². The number of carbonyl (C=O) groups is 1. The zero-order valence-electron chi connectivity index (χ0n) is 14.5. The summed E-state index contributed by atoms with van der Waals surface area (Å²) in [6.45, 7) is 5.42. The monoisotopic (exact) mass is 335 g/mol. The van der Waals surface area contributed by atoms with E-state index in [1.54, 1.807) is 12.7 Å². The lowest BCUT2D eigenvalue weighted by Gasteiger charge is -2.32. The number of hydrogen-bond acceptors (Lipinski definition) is 4. The second kappa shape index (κ2) is 6.27. The van der Waals surface area contributed by atoms with Crippen LogP contribution in [0.5, 0.6) is 0 Å². The van der Waals surface area contributed by atoms with Crippen LogP contribution in [0, 0.1) is 13.8 Å². The van der Waals surface area contributed by atoms with Crippen molar-refractivity contribution in [2.45, 2.75) is 32.7 Å². The van der Waals surface area contributed by atoms with Crippen molar-refractivity contribution in [2.75, 3.05) is 13.1 Å². The van der Waals surface area contributed by atoms with Gasteiger partial charge in [0.1, 0.15) is 12.7 Å². The lowest BCUT2D eigenvalue weighted by Crippen LogP contribution is -2.39. The van der Waals surface area contributed by atoms with Crippen LogP contribution < -0.4 is 0 Å². The van der Waals surface area contributed by atoms with Crippen molar-refractivity contribution >= 4 is 16.8 Å². The zero-order valence-corrected chi connectivity index (χ0v) is 14.5. The van der Waals surface area contributed by atoms with Gasteiger partial charge >= 0.3 is 0 Å². The molecule has 6 nitrogen and oxygen atoms in total. The second-order valence-corrected chi connectivity index (χ2v) is 6.72. The van der Waals surface area contributed by atoms with Crippen molar-refractivity contribution in [2.24, 2.45) is 0 Å². The van der Waals surface area contributed by atoms with Crippen LogP contribution in [0.3, 0.4) is 0 Å². The molecule has 2 aromatic heterocycles. The Kier molecular flexibility index (Phi) is 3.95. The molecule has 0 bridgehead atoms. The highest BCUT2D eigenvalue weighted by Crippen LogP contribution is 2.24. The van der Waals surface area contributed by atoms with Crippen molar-refractivity contribution in [1.29, 1.82) is 0 Å². The third kappa shape index (κ3) is 2.99. The lowest BCUT2D eigenvalue weighted by molar-refractivity contribution is 0.0689. The van der Waals surface area contributed by atoms with Gasteiger partial charge in [-0.3, -0.25) is 9.78 Å². The second-order valence-electron chi connectivity index (χ2n) is 6.72. The van der Waals surface area contributed by atoms with Gasteiger partial charge in [0, 0.05) is 18.5 Å². The summed E-state index contributed by atoms with van der Waals surface area (Å²) in [6.07, 6.45) is 5.11. The Morgan fingerprint density at radius 2 is 1.96 bits per heavy atom. The van der Waals surface area contributed by atoms with Crippen LogP contribution in [-0.2, 0) is 0 Å². The summed E-state index contributed by atoms with van der Waals surface area (Å²) in [6, 6.07) is 8.44. The van der Waals surface area contributed by atoms with Gasteiger partial charge in [0.25, 0.3) is 5.91 Å². The fourth-order valence-corrected chi connectivity index (χ4v) is 3.52. The van der Waals surface area contributed by atoms with E-state index in [4.69, 9.17) is 0 Å². The number of aryl methyl sites for hydroxylation is 2. The molecule has 1 aromatic carbocycles. The average molecular weight is 335 g/mol. The molecule has 0 N–H and O–H groups in total. The maximum Gasteiger partial charge on any atom is 0.255 e. The van der Waals surface area contributed by atoms with Gasteiger partial charge in [-0.15, -0.1) is 0 Å². The fraction of sp³-hybridized carbons (Fsp3) is 0.368. The molecule has 1 saturated heterocycles. The van der Waals surface area contributed by atoms with E-state index in [-0.39, 0.29) is 5.91 Å². The van der Waals surface area contributed by atoms with Crippen molar-refractivity contribution in [3.05, 3.63) is 53.7 Å². The van der Waals surface area contributed by atoms with Crippen molar-refractivity contribution in [3.63, 3.8) is 0 Å². The van der Waals surface area contributed by atoms with Crippen molar-refractivity contribution in [3.8, 4) is 0 Å². The van der Waals surface area contributed by atoms with E-state index >= 15 is 0 Å². The number of pyridine rings is 1. The molecule has 0 aliphatic carbocycles. The van der Waals surface area contributed by atoms with Crippen LogP contribution in [-0.4, -0.2) is 43.6 Å². The summed E-state index contributed by atoms with van der Waals surface area (Å²) in [5.74, 6) is 0.0745. The first-order valence-corrected chi connectivity index (χ1v) is 8.63. The molecule has 1 amide bonds. The van der Waals surface area contributed by atoms with E-state index in [0.717, 1.165) is 42.5 Å². The first-order chi connectivity index (χ1) is 12.1. The molecule has 0 unspecified atom stereocenters. The molecule has 0 spiro atoms. The normalized spacial score (nSPS) is 15.7. The van der Waals surface area contributed by atoms with Crippen LogP contribution in [0.25, 0.3) is 10.9 Å². The number of carbonyl (C=O) groups excluding carboxylic acids is 1. The number of hydrogen-bond donors (Lipinski definition) is 0. The molecule has 0 atom stereocenters. The molecule has 3 aromatic rings. The number of rotatable bonds is 2. The summed E-state index contributed by atoms with van der Waals surface area (Å²) in [7, 11) is 0.